The molecule has 0 amide bonds. The summed E-state index contributed by atoms with van der Waals surface area (Å²) in [4.78, 5) is 22.0. The first-order valence-corrected chi connectivity index (χ1v) is 10.9. The van der Waals surface area contributed by atoms with Crippen molar-refractivity contribution >= 4 is 32.7 Å². The summed E-state index contributed by atoms with van der Waals surface area (Å²) in [6, 6.07) is 3.15. The number of nitrogen functional groups attached to an aromatic ring is 1. The van der Waals surface area contributed by atoms with Crippen molar-refractivity contribution in [1.29, 1.82) is 0 Å². The van der Waals surface area contributed by atoms with E-state index in [9.17, 15) is 28.7 Å². The molecule has 16 heteroatoms. The molecule has 1 fully saturated rings. The molecule has 1 aliphatic rings. The number of aliphatic hydroxyl groups is 2. The fourth-order valence-corrected chi connectivity index (χ4v) is 4.50. The Balaban J connectivity index is 1.52. The molecule has 15 nitrogen and oxygen atoms in total. The Labute approximate surface area is 186 Å². The SMILES string of the molecule is COc1ccc(S(=O)(=O)NC[C@H]2O[C@@H](n3cnc4c(N)ncnc43)[C@H](O)[C@@H]2O)cc1[N+](=O)[O-]. The fraction of sp³-hybridized carbons (Fsp3) is 0.353. The highest BCUT2D eigenvalue weighted by Gasteiger charge is 2.44. The molecule has 0 aliphatic carbocycles. The summed E-state index contributed by atoms with van der Waals surface area (Å²) in [5, 5.41) is 32.0. The monoisotopic (exact) mass is 481 g/mol. The zero-order chi connectivity index (χ0) is 23.9. The number of nitro benzene ring substituents is 1. The second-order valence-corrected chi connectivity index (χ2v) is 8.84. The van der Waals surface area contributed by atoms with Gasteiger partial charge in [0, 0.05) is 12.6 Å². The minimum absolute atomic E-state index is 0.100. The predicted octanol–water partition coefficient (Wildman–Crippen LogP) is -1.08. The molecular weight excluding hydrogens is 462 g/mol. The van der Waals surface area contributed by atoms with Crippen molar-refractivity contribution in [3.05, 3.63) is 41.0 Å². The number of nitrogens with zero attached hydrogens (tertiary/aromatic N) is 5. The number of hydrogen-bond acceptors (Lipinski definition) is 12. The molecule has 0 spiro atoms. The topological polar surface area (TPSA) is 218 Å². The largest absolute Gasteiger partial charge is 0.490 e. The Morgan fingerprint density at radius 1 is 1.30 bits per heavy atom. The van der Waals surface area contributed by atoms with E-state index in [1.807, 2.05) is 0 Å². The van der Waals surface area contributed by atoms with Crippen LogP contribution in [0.1, 0.15) is 6.23 Å². The fourth-order valence-electron chi connectivity index (χ4n) is 3.44. The first-order chi connectivity index (χ1) is 15.6. The van der Waals surface area contributed by atoms with Crippen molar-refractivity contribution in [1.82, 2.24) is 24.2 Å². The van der Waals surface area contributed by atoms with Crippen LogP contribution in [0.2, 0.25) is 0 Å². The molecular formula is C17H19N7O8S. The number of aliphatic hydroxyl groups excluding tert-OH is 2. The lowest BCUT2D eigenvalue weighted by molar-refractivity contribution is -0.386. The molecule has 1 aromatic carbocycles. The van der Waals surface area contributed by atoms with E-state index in [4.69, 9.17) is 15.2 Å². The van der Waals surface area contributed by atoms with E-state index in [1.165, 1.54) is 24.3 Å². The molecule has 1 saturated heterocycles. The summed E-state index contributed by atoms with van der Waals surface area (Å²) < 4.78 is 39.4. The van der Waals surface area contributed by atoms with Gasteiger partial charge < -0.3 is 25.4 Å². The van der Waals surface area contributed by atoms with Crippen molar-refractivity contribution < 1.29 is 33.0 Å². The van der Waals surface area contributed by atoms with Crippen LogP contribution in [0.15, 0.2) is 35.7 Å². The van der Waals surface area contributed by atoms with E-state index >= 15 is 0 Å². The maximum Gasteiger partial charge on any atom is 0.312 e. The van der Waals surface area contributed by atoms with Gasteiger partial charge in [-0.25, -0.2) is 28.1 Å². The maximum absolute atomic E-state index is 12.7. The van der Waals surface area contributed by atoms with Crippen LogP contribution in [-0.4, -0.2) is 75.0 Å². The number of nitrogens with one attached hydrogen (secondary N) is 1. The number of anilines is 1. The zero-order valence-corrected chi connectivity index (χ0v) is 17.8. The minimum atomic E-state index is -4.22. The van der Waals surface area contributed by atoms with Crippen LogP contribution in [0.4, 0.5) is 11.5 Å². The summed E-state index contributed by atoms with van der Waals surface area (Å²) >= 11 is 0. The number of imidazole rings is 1. The Hall–Kier alpha value is -3.44. The Morgan fingerprint density at radius 3 is 2.76 bits per heavy atom. The molecule has 176 valence electrons. The molecule has 4 rings (SSSR count). The summed E-state index contributed by atoms with van der Waals surface area (Å²) in [5.41, 5.74) is 5.75. The Kier molecular flexibility index (Phi) is 5.85. The van der Waals surface area contributed by atoms with Crippen molar-refractivity contribution in [2.75, 3.05) is 19.4 Å². The highest BCUT2D eigenvalue weighted by molar-refractivity contribution is 7.89. The summed E-state index contributed by atoms with van der Waals surface area (Å²) in [6.07, 6.45) is -2.66. The van der Waals surface area contributed by atoms with Gasteiger partial charge in [0.05, 0.1) is 23.3 Å². The van der Waals surface area contributed by atoms with E-state index in [0.717, 1.165) is 18.2 Å². The van der Waals surface area contributed by atoms with Gasteiger partial charge in [-0.1, -0.05) is 0 Å². The van der Waals surface area contributed by atoms with E-state index in [1.54, 1.807) is 0 Å². The molecule has 5 N–H and O–H groups in total. The lowest BCUT2D eigenvalue weighted by Gasteiger charge is -2.16. The number of benzene rings is 1. The number of rotatable bonds is 7. The number of hydrogen-bond donors (Lipinski definition) is 4. The van der Waals surface area contributed by atoms with Gasteiger partial charge in [0.15, 0.2) is 23.4 Å². The quantitative estimate of drug-likeness (QED) is 0.234. The van der Waals surface area contributed by atoms with Crippen LogP contribution in [-0.2, 0) is 14.8 Å². The zero-order valence-electron chi connectivity index (χ0n) is 17.0. The van der Waals surface area contributed by atoms with Gasteiger partial charge in [-0.3, -0.25) is 14.7 Å². The molecule has 33 heavy (non-hydrogen) atoms. The van der Waals surface area contributed by atoms with E-state index in [0.29, 0.717) is 0 Å². The second kappa shape index (κ2) is 8.49. The number of aromatic nitrogens is 4. The first kappa shape index (κ1) is 22.7. The van der Waals surface area contributed by atoms with E-state index in [2.05, 4.69) is 19.7 Å². The predicted molar refractivity (Wildman–Crippen MR) is 110 cm³/mol. The van der Waals surface area contributed by atoms with Crippen LogP contribution in [0, 0.1) is 10.1 Å². The van der Waals surface area contributed by atoms with Crippen molar-refractivity contribution in [2.45, 2.75) is 29.4 Å². The highest BCUT2D eigenvalue weighted by atomic mass is 32.2. The summed E-state index contributed by atoms with van der Waals surface area (Å²) in [7, 11) is -3.00. The second-order valence-electron chi connectivity index (χ2n) is 7.07. The van der Waals surface area contributed by atoms with Crippen LogP contribution < -0.4 is 15.2 Å². The maximum atomic E-state index is 12.7. The molecule has 4 atom stereocenters. The number of nitrogens with two attached hydrogens (primary N) is 1. The normalized spacial score (nSPS) is 23.1. The van der Waals surface area contributed by atoms with Crippen LogP contribution in [0.5, 0.6) is 5.75 Å². The first-order valence-electron chi connectivity index (χ1n) is 9.40. The minimum Gasteiger partial charge on any atom is -0.490 e. The van der Waals surface area contributed by atoms with Gasteiger partial charge in [0.1, 0.15) is 30.2 Å². The average molecular weight is 481 g/mol. The molecule has 3 heterocycles. The molecule has 1 aliphatic heterocycles. The van der Waals surface area contributed by atoms with Gasteiger partial charge in [-0.15, -0.1) is 0 Å². The third-order valence-electron chi connectivity index (χ3n) is 5.13. The lowest BCUT2D eigenvalue weighted by Crippen LogP contribution is -2.39. The van der Waals surface area contributed by atoms with Crippen molar-refractivity contribution in [2.24, 2.45) is 0 Å². The molecule has 2 aromatic heterocycles. The van der Waals surface area contributed by atoms with Gasteiger partial charge in [0.2, 0.25) is 10.0 Å². The number of ether oxygens (including phenoxy) is 2. The molecule has 0 bridgehead atoms. The lowest BCUT2D eigenvalue weighted by atomic mass is 10.1. The number of fused-ring (bicyclic) bond motifs is 1. The molecule has 0 unspecified atom stereocenters. The Bertz CT molecular complexity index is 1310. The van der Waals surface area contributed by atoms with Crippen LogP contribution in [0.25, 0.3) is 11.2 Å². The van der Waals surface area contributed by atoms with Crippen molar-refractivity contribution in [3.8, 4) is 5.75 Å². The Morgan fingerprint density at radius 2 is 2.06 bits per heavy atom. The van der Waals surface area contributed by atoms with E-state index < -0.39 is 51.7 Å². The third kappa shape index (κ3) is 4.05. The number of nitro groups is 1. The van der Waals surface area contributed by atoms with Gasteiger partial charge in [-0.2, -0.15) is 0 Å². The van der Waals surface area contributed by atoms with E-state index in [-0.39, 0.29) is 27.6 Å². The number of sulfonamides is 1. The average Bonchev–Trinajstić information content (AvgIpc) is 3.34. The van der Waals surface area contributed by atoms with Gasteiger partial charge in [0.25, 0.3) is 0 Å². The molecule has 0 radical (unpaired) electrons. The molecule has 0 saturated carbocycles. The van der Waals surface area contributed by atoms with Gasteiger partial charge in [-0.05, 0) is 12.1 Å². The smallest absolute Gasteiger partial charge is 0.312 e. The standard InChI is InChI=1S/C17H19N7O8S/c1-31-10-3-2-8(4-9(10)24(27)28)33(29,30)22-5-11-13(25)14(26)17(32-11)23-7-21-12-15(18)19-6-20-16(12)23/h2-4,6-7,11,13-14,17,22,25-26H,5H2,1H3,(H2,18,19,20)/t11-,13-,14-,17-/m1/s1. The highest BCUT2D eigenvalue weighted by Crippen LogP contribution is 2.32. The number of methoxy groups -OCH3 is 1. The summed E-state index contributed by atoms with van der Waals surface area (Å²) in [5.74, 6) is 0.0150. The molecule has 3 aromatic rings. The third-order valence-corrected chi connectivity index (χ3v) is 6.55. The summed E-state index contributed by atoms with van der Waals surface area (Å²) in [6.45, 7) is -0.430. The van der Waals surface area contributed by atoms with Crippen LogP contribution in [0.3, 0.4) is 0 Å². The van der Waals surface area contributed by atoms with Crippen molar-refractivity contribution in [3.63, 3.8) is 0 Å². The van der Waals surface area contributed by atoms with Crippen LogP contribution >= 0.6 is 0 Å². The van der Waals surface area contributed by atoms with Gasteiger partial charge >= 0.3 is 5.69 Å².